The number of likely N-dealkylation sites (N-methyl/N-ethyl adjacent to an activating group) is 1. The quantitative estimate of drug-likeness (QED) is 0.712. The van der Waals surface area contributed by atoms with E-state index in [-0.39, 0.29) is 0 Å². The Morgan fingerprint density at radius 3 is 2.32 bits per heavy atom. The van der Waals surface area contributed by atoms with Crippen LogP contribution in [-0.2, 0) is 6.54 Å². The Morgan fingerprint density at radius 1 is 1.26 bits per heavy atom. The molecule has 3 nitrogen and oxygen atoms in total. The van der Waals surface area contributed by atoms with Gasteiger partial charge in [0, 0.05) is 12.6 Å². The molecule has 0 saturated heterocycles. The molecule has 110 valence electrons. The van der Waals surface area contributed by atoms with Crippen LogP contribution in [0.3, 0.4) is 0 Å². The van der Waals surface area contributed by atoms with Crippen LogP contribution in [0, 0.1) is 5.92 Å². The van der Waals surface area contributed by atoms with Gasteiger partial charge in [-0.3, -0.25) is 0 Å². The van der Waals surface area contributed by atoms with Crippen LogP contribution in [0.25, 0.3) is 0 Å². The van der Waals surface area contributed by atoms with E-state index in [0.29, 0.717) is 6.04 Å². The van der Waals surface area contributed by atoms with Gasteiger partial charge >= 0.3 is 0 Å². The molecule has 0 spiro atoms. The van der Waals surface area contributed by atoms with E-state index >= 15 is 0 Å². The molecular formula is C14H24Br2N2O. The largest absolute Gasteiger partial charge is 0.452 e. The van der Waals surface area contributed by atoms with Gasteiger partial charge in [-0.15, -0.1) is 0 Å². The van der Waals surface area contributed by atoms with Gasteiger partial charge in [0.1, 0.15) is 5.76 Å². The molecule has 0 aliphatic rings. The Balaban J connectivity index is 2.48. The van der Waals surface area contributed by atoms with Crippen molar-refractivity contribution < 1.29 is 4.42 Å². The van der Waals surface area contributed by atoms with Gasteiger partial charge < -0.3 is 14.6 Å². The predicted molar refractivity (Wildman–Crippen MR) is 87.4 cm³/mol. The monoisotopic (exact) mass is 394 g/mol. The van der Waals surface area contributed by atoms with E-state index in [0.717, 1.165) is 33.9 Å². The van der Waals surface area contributed by atoms with Gasteiger partial charge in [-0.1, -0.05) is 26.7 Å². The molecule has 19 heavy (non-hydrogen) atoms. The van der Waals surface area contributed by atoms with Crippen LogP contribution in [0.5, 0.6) is 0 Å². The highest BCUT2D eigenvalue weighted by atomic mass is 79.9. The van der Waals surface area contributed by atoms with Crippen molar-refractivity contribution in [1.82, 2.24) is 10.2 Å². The minimum atomic E-state index is 0.567. The number of hydrogen-bond donors (Lipinski definition) is 1. The summed E-state index contributed by atoms with van der Waals surface area (Å²) < 4.78 is 7.29. The number of hydrogen-bond acceptors (Lipinski definition) is 3. The molecule has 0 aliphatic carbocycles. The molecule has 0 saturated carbocycles. The third kappa shape index (κ3) is 5.21. The summed E-state index contributed by atoms with van der Waals surface area (Å²) in [4.78, 5) is 2.32. The predicted octanol–water partition coefficient (Wildman–Crippen LogP) is 4.26. The lowest BCUT2D eigenvalue weighted by molar-refractivity contribution is 0.193. The third-order valence-electron chi connectivity index (χ3n) is 3.61. The first kappa shape index (κ1) is 17.2. The molecule has 1 atom stereocenters. The summed E-state index contributed by atoms with van der Waals surface area (Å²) in [6.07, 6.45) is 2.44. The van der Waals surface area contributed by atoms with Crippen LogP contribution in [0.2, 0.25) is 0 Å². The molecule has 0 bridgehead atoms. The summed E-state index contributed by atoms with van der Waals surface area (Å²) in [6, 6.07) is 2.57. The molecule has 1 heterocycles. The molecule has 1 N–H and O–H groups in total. The van der Waals surface area contributed by atoms with Crippen molar-refractivity contribution in [3.8, 4) is 0 Å². The van der Waals surface area contributed by atoms with Crippen LogP contribution in [0.1, 0.15) is 32.4 Å². The summed E-state index contributed by atoms with van der Waals surface area (Å²) in [5, 5.41) is 3.50. The molecule has 1 rings (SSSR count). The molecule has 0 radical (unpaired) electrons. The number of nitrogens with zero attached hydrogens (tertiary/aromatic N) is 1. The lowest BCUT2D eigenvalue weighted by Gasteiger charge is -2.31. The average Bonchev–Trinajstić information content (AvgIpc) is 2.67. The smallest absolute Gasteiger partial charge is 0.183 e. The lowest BCUT2D eigenvalue weighted by atomic mass is 9.93. The number of halogens is 2. The van der Waals surface area contributed by atoms with Gasteiger partial charge in [-0.25, -0.2) is 0 Å². The van der Waals surface area contributed by atoms with Crippen LogP contribution in [-0.4, -0.2) is 31.6 Å². The van der Waals surface area contributed by atoms with Crippen molar-refractivity contribution in [2.24, 2.45) is 5.92 Å². The van der Waals surface area contributed by atoms with Crippen LogP contribution in [0.4, 0.5) is 0 Å². The summed E-state index contributed by atoms with van der Waals surface area (Å²) in [5.41, 5.74) is 0. The second-order valence-corrected chi connectivity index (χ2v) is 6.65. The van der Waals surface area contributed by atoms with Crippen LogP contribution in [0.15, 0.2) is 19.6 Å². The summed E-state index contributed by atoms with van der Waals surface area (Å²) >= 11 is 6.79. The average molecular weight is 396 g/mol. The molecule has 0 fully saturated rings. The fourth-order valence-electron chi connectivity index (χ4n) is 2.43. The van der Waals surface area contributed by atoms with Crippen molar-refractivity contribution in [2.75, 3.05) is 20.6 Å². The summed E-state index contributed by atoms with van der Waals surface area (Å²) in [5.74, 6) is 1.68. The molecule has 0 amide bonds. The van der Waals surface area contributed by atoms with Crippen LogP contribution >= 0.6 is 31.9 Å². The number of furan rings is 1. The third-order valence-corrected chi connectivity index (χ3v) is 5.32. The Hall–Kier alpha value is 0.160. The van der Waals surface area contributed by atoms with Gasteiger partial charge in [0.05, 0.1) is 11.0 Å². The fraction of sp³-hybridized carbons (Fsp3) is 0.714. The van der Waals surface area contributed by atoms with Gasteiger partial charge in [-0.05, 0) is 57.9 Å². The van der Waals surface area contributed by atoms with Crippen LogP contribution < -0.4 is 5.32 Å². The zero-order chi connectivity index (χ0) is 14.4. The van der Waals surface area contributed by atoms with E-state index in [4.69, 9.17) is 4.42 Å². The minimum Gasteiger partial charge on any atom is -0.452 e. The number of nitrogens with one attached hydrogen (secondary N) is 1. The van der Waals surface area contributed by atoms with E-state index in [9.17, 15) is 0 Å². The van der Waals surface area contributed by atoms with Gasteiger partial charge in [0.2, 0.25) is 0 Å². The van der Waals surface area contributed by atoms with Crippen molar-refractivity contribution in [3.05, 3.63) is 21.0 Å². The van der Waals surface area contributed by atoms with Crippen molar-refractivity contribution in [2.45, 2.75) is 39.3 Å². The molecule has 0 aromatic carbocycles. The molecule has 1 unspecified atom stereocenters. The Morgan fingerprint density at radius 2 is 1.89 bits per heavy atom. The maximum absolute atomic E-state index is 5.56. The minimum absolute atomic E-state index is 0.567. The number of rotatable bonds is 8. The Labute approximate surface area is 133 Å². The highest BCUT2D eigenvalue weighted by molar-refractivity contribution is 9.13. The zero-order valence-corrected chi connectivity index (χ0v) is 15.3. The molecular weight excluding hydrogens is 372 g/mol. The maximum Gasteiger partial charge on any atom is 0.183 e. The van der Waals surface area contributed by atoms with E-state index < -0.39 is 0 Å². The van der Waals surface area contributed by atoms with Crippen molar-refractivity contribution in [3.63, 3.8) is 0 Å². The Bertz CT molecular complexity index is 356. The fourth-order valence-corrected chi connectivity index (χ4v) is 3.08. The highest BCUT2D eigenvalue weighted by Gasteiger charge is 2.20. The normalized spacial score (nSPS) is 13.5. The summed E-state index contributed by atoms with van der Waals surface area (Å²) in [6.45, 7) is 6.28. The summed E-state index contributed by atoms with van der Waals surface area (Å²) in [7, 11) is 4.31. The topological polar surface area (TPSA) is 28.4 Å². The van der Waals surface area contributed by atoms with Crippen molar-refractivity contribution >= 4 is 31.9 Å². The second kappa shape index (κ2) is 8.45. The second-order valence-electron chi connectivity index (χ2n) is 5.07. The zero-order valence-electron chi connectivity index (χ0n) is 12.2. The van der Waals surface area contributed by atoms with Gasteiger partial charge in [-0.2, -0.15) is 0 Å². The van der Waals surface area contributed by atoms with E-state index in [1.807, 2.05) is 6.07 Å². The molecule has 5 heteroatoms. The van der Waals surface area contributed by atoms with E-state index in [2.05, 4.69) is 70.0 Å². The lowest BCUT2D eigenvalue weighted by Crippen LogP contribution is -2.42. The first-order chi connectivity index (χ1) is 8.99. The van der Waals surface area contributed by atoms with Gasteiger partial charge in [0.15, 0.2) is 4.67 Å². The SMILES string of the molecule is CCC(CC)C(CNCc1cc(Br)c(Br)o1)N(C)C. The molecule has 1 aromatic heterocycles. The first-order valence-electron chi connectivity index (χ1n) is 6.80. The van der Waals surface area contributed by atoms with E-state index in [1.54, 1.807) is 0 Å². The van der Waals surface area contributed by atoms with E-state index in [1.165, 1.54) is 12.8 Å². The highest BCUT2D eigenvalue weighted by Crippen LogP contribution is 2.26. The van der Waals surface area contributed by atoms with Gasteiger partial charge in [0.25, 0.3) is 0 Å². The molecule has 0 aliphatic heterocycles. The maximum atomic E-state index is 5.56. The Kier molecular flexibility index (Phi) is 7.65. The first-order valence-corrected chi connectivity index (χ1v) is 8.39. The standard InChI is InChI=1S/C14H24Br2N2O/c1-5-10(6-2)13(18(3)4)9-17-8-11-7-12(15)14(16)19-11/h7,10,13,17H,5-6,8-9H2,1-4H3. The van der Waals surface area contributed by atoms with Crippen molar-refractivity contribution in [1.29, 1.82) is 0 Å². The molecule has 1 aromatic rings.